The molecule has 0 unspecified atom stereocenters. The molecule has 0 aliphatic carbocycles. The fraction of sp³-hybridized carbons (Fsp3) is 0.667. The quantitative estimate of drug-likeness (QED) is 0.811. The van der Waals surface area contributed by atoms with Gasteiger partial charge in [0.25, 0.3) is 0 Å². The molecule has 2 amide bonds. The fourth-order valence-electron chi connectivity index (χ4n) is 2.94. The Hall–Kier alpha value is -1.65. The first-order chi connectivity index (χ1) is 9.54. The van der Waals surface area contributed by atoms with Crippen molar-refractivity contribution in [2.45, 2.75) is 52.9 Å². The third-order valence-electron chi connectivity index (χ3n) is 4.61. The summed E-state index contributed by atoms with van der Waals surface area (Å²) in [5.41, 5.74) is 1.77. The van der Waals surface area contributed by atoms with Crippen molar-refractivity contribution in [1.82, 2.24) is 15.1 Å². The van der Waals surface area contributed by atoms with E-state index in [0.717, 1.165) is 36.9 Å². The van der Waals surface area contributed by atoms with Gasteiger partial charge in [-0.25, -0.2) is 0 Å². The highest BCUT2D eigenvalue weighted by Gasteiger charge is 2.48. The number of nitrogens with one attached hydrogen (secondary N) is 1. The van der Waals surface area contributed by atoms with E-state index < -0.39 is 5.41 Å². The maximum absolute atomic E-state index is 12.4. The number of hydrogen-bond acceptors (Lipinski definition) is 3. The number of aromatic nitrogens is 2. The van der Waals surface area contributed by atoms with Gasteiger partial charge in [0.15, 0.2) is 0 Å². The summed E-state index contributed by atoms with van der Waals surface area (Å²) in [4.78, 5) is 26.0. The number of nitrogens with zero attached hydrogens (tertiary/aromatic N) is 2. The fourth-order valence-corrected chi connectivity index (χ4v) is 2.94. The number of carbonyl (C=O) groups is 2. The molecule has 1 aliphatic rings. The maximum atomic E-state index is 12.4. The van der Waals surface area contributed by atoms with Gasteiger partial charge in [0.2, 0.25) is 11.8 Å². The summed E-state index contributed by atoms with van der Waals surface area (Å²) in [7, 11) is 0. The van der Waals surface area contributed by atoms with E-state index in [1.165, 1.54) is 4.90 Å². The lowest BCUT2D eigenvalue weighted by molar-refractivity contribution is -0.141. The molecule has 0 saturated carbocycles. The molecule has 2 heterocycles. The second-order valence-electron chi connectivity index (χ2n) is 5.64. The zero-order chi connectivity index (χ0) is 14.8. The molecule has 110 valence electrons. The van der Waals surface area contributed by atoms with Crippen LogP contribution in [0.5, 0.6) is 0 Å². The number of aryl methyl sites for hydroxylation is 2. The van der Waals surface area contributed by atoms with Gasteiger partial charge in [-0.15, -0.1) is 0 Å². The van der Waals surface area contributed by atoms with E-state index in [0.29, 0.717) is 13.0 Å². The minimum atomic E-state index is -0.442. The van der Waals surface area contributed by atoms with Crippen molar-refractivity contribution in [3.63, 3.8) is 0 Å². The van der Waals surface area contributed by atoms with E-state index >= 15 is 0 Å². The molecule has 5 nitrogen and oxygen atoms in total. The lowest BCUT2D eigenvalue weighted by Gasteiger charge is -2.23. The number of rotatable bonds is 6. The minimum absolute atomic E-state index is 0.0115. The largest absolute Gasteiger partial charge is 0.283 e. The number of H-pyrrole nitrogens is 1. The molecule has 1 fully saturated rings. The molecule has 0 radical (unpaired) electrons. The van der Waals surface area contributed by atoms with Crippen LogP contribution >= 0.6 is 0 Å². The van der Waals surface area contributed by atoms with Crippen LogP contribution in [0.3, 0.4) is 0 Å². The van der Waals surface area contributed by atoms with Crippen molar-refractivity contribution in [1.29, 1.82) is 0 Å². The first kappa shape index (κ1) is 14.8. The van der Waals surface area contributed by atoms with Crippen LogP contribution in [0.1, 0.15) is 50.8 Å². The SMILES string of the molecule is CCC1(CC)CC(=O)N(CCCc2cn[nH]c2C)C1=O. The highest BCUT2D eigenvalue weighted by Crippen LogP contribution is 2.39. The summed E-state index contributed by atoms with van der Waals surface area (Å²) in [6, 6.07) is 0. The molecular formula is C15H23N3O2. The number of aromatic amines is 1. The van der Waals surface area contributed by atoms with Gasteiger partial charge in [0, 0.05) is 18.7 Å². The average Bonchev–Trinajstić information content (AvgIpc) is 2.95. The van der Waals surface area contributed by atoms with Crippen molar-refractivity contribution in [2.24, 2.45) is 5.41 Å². The summed E-state index contributed by atoms with van der Waals surface area (Å²) in [6.45, 7) is 6.48. The van der Waals surface area contributed by atoms with Crippen LogP contribution in [-0.2, 0) is 16.0 Å². The summed E-state index contributed by atoms with van der Waals surface area (Å²) in [5, 5.41) is 6.88. The van der Waals surface area contributed by atoms with Crippen LogP contribution in [-0.4, -0.2) is 33.5 Å². The van der Waals surface area contributed by atoms with Gasteiger partial charge in [-0.3, -0.25) is 19.6 Å². The third-order valence-corrected chi connectivity index (χ3v) is 4.61. The van der Waals surface area contributed by atoms with E-state index in [4.69, 9.17) is 0 Å². The Morgan fingerprint density at radius 2 is 2.05 bits per heavy atom. The number of likely N-dealkylation sites (tertiary alicyclic amines) is 1. The Balaban J connectivity index is 1.95. The topological polar surface area (TPSA) is 66.1 Å². The molecule has 0 spiro atoms. The number of amides is 2. The smallest absolute Gasteiger partial charge is 0.235 e. The van der Waals surface area contributed by atoms with Gasteiger partial charge in [0.1, 0.15) is 0 Å². The first-order valence-corrected chi connectivity index (χ1v) is 7.37. The van der Waals surface area contributed by atoms with Gasteiger partial charge in [-0.05, 0) is 38.2 Å². The van der Waals surface area contributed by atoms with E-state index in [9.17, 15) is 9.59 Å². The highest BCUT2D eigenvalue weighted by molar-refractivity contribution is 6.05. The van der Waals surface area contributed by atoms with E-state index in [1.54, 1.807) is 0 Å². The molecule has 5 heteroatoms. The molecular weight excluding hydrogens is 254 g/mol. The van der Waals surface area contributed by atoms with Crippen LogP contribution in [0.4, 0.5) is 0 Å². The minimum Gasteiger partial charge on any atom is -0.283 e. The van der Waals surface area contributed by atoms with Gasteiger partial charge >= 0.3 is 0 Å². The van der Waals surface area contributed by atoms with Gasteiger partial charge in [0.05, 0.1) is 11.6 Å². The van der Waals surface area contributed by atoms with Gasteiger partial charge in [-0.1, -0.05) is 13.8 Å². The molecule has 0 aromatic carbocycles. The molecule has 1 aromatic heterocycles. The Morgan fingerprint density at radius 1 is 1.35 bits per heavy atom. The average molecular weight is 277 g/mol. The lowest BCUT2D eigenvalue weighted by Crippen LogP contribution is -2.36. The first-order valence-electron chi connectivity index (χ1n) is 7.37. The molecule has 0 bridgehead atoms. The Morgan fingerprint density at radius 3 is 2.55 bits per heavy atom. The zero-order valence-corrected chi connectivity index (χ0v) is 12.5. The zero-order valence-electron chi connectivity index (χ0n) is 12.5. The van der Waals surface area contributed by atoms with Crippen molar-refractivity contribution < 1.29 is 9.59 Å². The molecule has 2 rings (SSSR count). The molecule has 0 atom stereocenters. The molecule has 1 aromatic rings. The summed E-state index contributed by atoms with van der Waals surface area (Å²) in [5.74, 6) is 0.0130. The summed E-state index contributed by atoms with van der Waals surface area (Å²) < 4.78 is 0. The molecule has 1 N–H and O–H groups in total. The summed E-state index contributed by atoms with van der Waals surface area (Å²) in [6.07, 6.45) is 5.30. The van der Waals surface area contributed by atoms with Crippen molar-refractivity contribution >= 4 is 11.8 Å². The number of hydrogen-bond donors (Lipinski definition) is 1. The number of imide groups is 1. The number of carbonyl (C=O) groups excluding carboxylic acids is 2. The predicted molar refractivity (Wildman–Crippen MR) is 76.0 cm³/mol. The van der Waals surface area contributed by atoms with Crippen molar-refractivity contribution in [3.8, 4) is 0 Å². The third kappa shape index (κ3) is 2.49. The second-order valence-corrected chi connectivity index (χ2v) is 5.64. The van der Waals surface area contributed by atoms with Crippen LogP contribution in [0, 0.1) is 12.3 Å². The van der Waals surface area contributed by atoms with E-state index in [2.05, 4.69) is 10.2 Å². The molecule has 1 aliphatic heterocycles. The van der Waals surface area contributed by atoms with Crippen molar-refractivity contribution in [2.75, 3.05) is 6.54 Å². The van der Waals surface area contributed by atoms with Crippen LogP contribution in [0.25, 0.3) is 0 Å². The Bertz CT molecular complexity index is 503. The van der Waals surface area contributed by atoms with E-state index in [-0.39, 0.29) is 11.8 Å². The second kappa shape index (κ2) is 5.77. The highest BCUT2D eigenvalue weighted by atomic mass is 16.2. The summed E-state index contributed by atoms with van der Waals surface area (Å²) >= 11 is 0. The van der Waals surface area contributed by atoms with Gasteiger partial charge in [-0.2, -0.15) is 5.10 Å². The Labute approximate surface area is 119 Å². The monoisotopic (exact) mass is 277 g/mol. The molecule has 1 saturated heterocycles. The lowest BCUT2D eigenvalue weighted by atomic mass is 9.81. The standard InChI is InChI=1S/C15H23N3O2/c1-4-15(5-2)9-13(19)18(14(15)20)8-6-7-12-10-16-17-11(12)3/h10H,4-9H2,1-3H3,(H,16,17). The molecule has 20 heavy (non-hydrogen) atoms. The maximum Gasteiger partial charge on any atom is 0.235 e. The Kier molecular flexibility index (Phi) is 4.26. The van der Waals surface area contributed by atoms with E-state index in [1.807, 2.05) is 27.0 Å². The van der Waals surface area contributed by atoms with Crippen LogP contribution < -0.4 is 0 Å². The van der Waals surface area contributed by atoms with Gasteiger partial charge < -0.3 is 0 Å². The van der Waals surface area contributed by atoms with Crippen LogP contribution in [0.15, 0.2) is 6.20 Å². The predicted octanol–water partition coefficient (Wildman–Crippen LogP) is 2.22. The van der Waals surface area contributed by atoms with Crippen LogP contribution in [0.2, 0.25) is 0 Å². The van der Waals surface area contributed by atoms with Crippen molar-refractivity contribution in [3.05, 3.63) is 17.5 Å². The normalized spacial score (nSPS) is 18.1.